The van der Waals surface area contributed by atoms with Crippen molar-refractivity contribution in [1.82, 2.24) is 14.9 Å². The molecule has 104 valence electrons. The van der Waals surface area contributed by atoms with Crippen LogP contribution in [0.4, 0.5) is 0 Å². The van der Waals surface area contributed by atoms with Crippen LogP contribution in [0, 0.1) is 13.8 Å². The van der Waals surface area contributed by atoms with Gasteiger partial charge in [0.05, 0.1) is 0 Å². The molecule has 1 aliphatic rings. The molecular weight excluding hydrogens is 250 g/mol. The first-order chi connectivity index (χ1) is 9.63. The summed E-state index contributed by atoms with van der Waals surface area (Å²) in [5, 5.41) is 0. The highest BCUT2D eigenvalue weighted by Crippen LogP contribution is 2.26. The molecule has 1 atom stereocenters. The maximum atomic E-state index is 12.5. The molecule has 20 heavy (non-hydrogen) atoms. The molecule has 1 N–H and O–H groups in total. The summed E-state index contributed by atoms with van der Waals surface area (Å²) in [5.74, 6) is 1.46. The third kappa shape index (κ3) is 2.46. The summed E-state index contributed by atoms with van der Waals surface area (Å²) in [4.78, 5) is 22.1. The highest BCUT2D eigenvalue weighted by atomic mass is 16.2. The number of aryl methyl sites for hydroxylation is 2. The van der Waals surface area contributed by atoms with Crippen LogP contribution >= 0.6 is 0 Å². The second-order valence-electron chi connectivity index (χ2n) is 5.56. The van der Waals surface area contributed by atoms with Crippen molar-refractivity contribution in [1.29, 1.82) is 0 Å². The number of hydrogen-bond donors (Lipinski definition) is 1. The van der Waals surface area contributed by atoms with Crippen molar-refractivity contribution >= 4 is 5.91 Å². The van der Waals surface area contributed by atoms with Crippen molar-refractivity contribution in [3.8, 4) is 0 Å². The third-order valence-corrected chi connectivity index (χ3v) is 3.85. The van der Waals surface area contributed by atoms with Gasteiger partial charge in [0.15, 0.2) is 0 Å². The van der Waals surface area contributed by atoms with E-state index >= 15 is 0 Å². The van der Waals surface area contributed by atoms with E-state index in [9.17, 15) is 4.79 Å². The van der Waals surface area contributed by atoms with E-state index in [1.807, 2.05) is 49.2 Å². The van der Waals surface area contributed by atoms with Gasteiger partial charge in [-0.15, -0.1) is 0 Å². The maximum Gasteiger partial charge on any atom is 0.253 e. The van der Waals surface area contributed by atoms with Crippen molar-refractivity contribution in [2.45, 2.75) is 26.2 Å². The highest BCUT2D eigenvalue weighted by Gasteiger charge is 2.29. The van der Waals surface area contributed by atoms with E-state index in [4.69, 9.17) is 0 Å². The summed E-state index contributed by atoms with van der Waals surface area (Å²) in [6, 6.07) is 7.79. The van der Waals surface area contributed by atoms with Gasteiger partial charge in [-0.1, -0.05) is 17.7 Å². The number of imidazole rings is 1. The number of rotatable bonds is 2. The number of carbonyl (C=O) groups is 1. The molecule has 1 aliphatic heterocycles. The summed E-state index contributed by atoms with van der Waals surface area (Å²) >= 11 is 0. The fourth-order valence-corrected chi connectivity index (χ4v) is 2.77. The summed E-state index contributed by atoms with van der Waals surface area (Å²) < 4.78 is 0. The number of likely N-dealkylation sites (tertiary alicyclic amines) is 1. The van der Waals surface area contributed by atoms with Crippen LogP contribution in [-0.4, -0.2) is 33.9 Å². The number of nitrogens with one attached hydrogen (secondary N) is 1. The SMILES string of the molecule is Cc1cccc(C(=O)N2CC[C@H](c3ncc(C)[nH]3)C2)c1. The molecule has 0 saturated carbocycles. The molecule has 4 heteroatoms. The minimum Gasteiger partial charge on any atom is -0.346 e. The summed E-state index contributed by atoms with van der Waals surface area (Å²) in [6.07, 6.45) is 2.82. The van der Waals surface area contributed by atoms with E-state index in [1.165, 1.54) is 0 Å². The Hall–Kier alpha value is -2.10. The molecule has 1 amide bonds. The van der Waals surface area contributed by atoms with E-state index < -0.39 is 0 Å². The molecule has 0 unspecified atom stereocenters. The largest absolute Gasteiger partial charge is 0.346 e. The van der Waals surface area contributed by atoms with Crippen LogP contribution in [0.25, 0.3) is 0 Å². The molecule has 0 radical (unpaired) electrons. The minimum atomic E-state index is 0.125. The van der Waals surface area contributed by atoms with Gasteiger partial charge < -0.3 is 9.88 Å². The van der Waals surface area contributed by atoms with Crippen LogP contribution < -0.4 is 0 Å². The van der Waals surface area contributed by atoms with E-state index in [-0.39, 0.29) is 5.91 Å². The van der Waals surface area contributed by atoms with Crippen molar-refractivity contribution in [3.63, 3.8) is 0 Å². The Kier molecular flexibility index (Phi) is 3.30. The number of aromatic nitrogens is 2. The Balaban J connectivity index is 1.72. The molecule has 2 heterocycles. The number of carbonyl (C=O) groups excluding carboxylic acids is 1. The lowest BCUT2D eigenvalue weighted by Gasteiger charge is -2.16. The lowest BCUT2D eigenvalue weighted by molar-refractivity contribution is 0.0790. The number of nitrogens with zero attached hydrogens (tertiary/aromatic N) is 2. The van der Waals surface area contributed by atoms with Crippen LogP contribution in [0.5, 0.6) is 0 Å². The molecule has 2 aromatic rings. The van der Waals surface area contributed by atoms with Gasteiger partial charge in [0.2, 0.25) is 0 Å². The number of hydrogen-bond acceptors (Lipinski definition) is 2. The van der Waals surface area contributed by atoms with Crippen LogP contribution in [0.1, 0.15) is 39.8 Å². The normalized spacial score (nSPS) is 18.5. The second-order valence-corrected chi connectivity index (χ2v) is 5.56. The van der Waals surface area contributed by atoms with Crippen LogP contribution in [0.15, 0.2) is 30.5 Å². The van der Waals surface area contributed by atoms with E-state index in [0.717, 1.165) is 42.2 Å². The zero-order valence-corrected chi connectivity index (χ0v) is 11.9. The Bertz CT molecular complexity index is 632. The van der Waals surface area contributed by atoms with Crippen molar-refractivity contribution in [2.75, 3.05) is 13.1 Å². The number of H-pyrrole nitrogens is 1. The lowest BCUT2D eigenvalue weighted by atomic mass is 10.1. The number of amides is 1. The quantitative estimate of drug-likeness (QED) is 0.911. The molecule has 0 spiro atoms. The Morgan fingerprint density at radius 1 is 1.40 bits per heavy atom. The van der Waals surface area contributed by atoms with Crippen LogP contribution in [0.2, 0.25) is 0 Å². The molecule has 1 aromatic heterocycles. The zero-order chi connectivity index (χ0) is 14.1. The standard InChI is InChI=1S/C16H19N3O/c1-11-4-3-5-13(8-11)16(20)19-7-6-14(10-19)15-17-9-12(2)18-15/h3-5,8-9,14H,6-7,10H2,1-2H3,(H,17,18)/t14-/m0/s1. The van der Waals surface area contributed by atoms with Crippen molar-refractivity contribution < 1.29 is 4.79 Å². The van der Waals surface area contributed by atoms with Crippen molar-refractivity contribution in [3.05, 3.63) is 53.1 Å². The maximum absolute atomic E-state index is 12.5. The van der Waals surface area contributed by atoms with Gasteiger partial charge in [0, 0.05) is 36.5 Å². The third-order valence-electron chi connectivity index (χ3n) is 3.85. The Labute approximate surface area is 118 Å². The fourth-order valence-electron chi connectivity index (χ4n) is 2.77. The summed E-state index contributed by atoms with van der Waals surface area (Å²) in [5.41, 5.74) is 2.97. The van der Waals surface area contributed by atoms with Crippen LogP contribution in [-0.2, 0) is 0 Å². The molecule has 1 saturated heterocycles. The average Bonchev–Trinajstić information content (AvgIpc) is 3.06. The van der Waals surface area contributed by atoms with Gasteiger partial charge in [-0.25, -0.2) is 4.98 Å². The summed E-state index contributed by atoms with van der Waals surface area (Å²) in [7, 11) is 0. The topological polar surface area (TPSA) is 49.0 Å². The molecular formula is C16H19N3O. The smallest absolute Gasteiger partial charge is 0.253 e. The Morgan fingerprint density at radius 2 is 2.25 bits per heavy atom. The van der Waals surface area contributed by atoms with Gasteiger partial charge in [0.25, 0.3) is 5.91 Å². The first-order valence-corrected chi connectivity index (χ1v) is 7.01. The van der Waals surface area contributed by atoms with E-state index in [1.54, 1.807) is 0 Å². The first-order valence-electron chi connectivity index (χ1n) is 7.01. The molecule has 1 fully saturated rings. The zero-order valence-electron chi connectivity index (χ0n) is 11.9. The number of aromatic amines is 1. The van der Waals surface area contributed by atoms with Gasteiger partial charge >= 0.3 is 0 Å². The van der Waals surface area contributed by atoms with Gasteiger partial charge in [0.1, 0.15) is 5.82 Å². The van der Waals surface area contributed by atoms with Crippen LogP contribution in [0.3, 0.4) is 0 Å². The highest BCUT2D eigenvalue weighted by molar-refractivity contribution is 5.94. The van der Waals surface area contributed by atoms with Crippen molar-refractivity contribution in [2.24, 2.45) is 0 Å². The van der Waals surface area contributed by atoms with E-state index in [0.29, 0.717) is 5.92 Å². The molecule has 4 nitrogen and oxygen atoms in total. The average molecular weight is 269 g/mol. The Morgan fingerprint density at radius 3 is 2.95 bits per heavy atom. The van der Waals surface area contributed by atoms with E-state index in [2.05, 4.69) is 9.97 Å². The van der Waals surface area contributed by atoms with Gasteiger partial charge in [-0.3, -0.25) is 4.79 Å². The molecule has 0 bridgehead atoms. The minimum absolute atomic E-state index is 0.125. The number of benzene rings is 1. The first kappa shape index (κ1) is 12.9. The molecule has 0 aliphatic carbocycles. The summed E-state index contributed by atoms with van der Waals surface area (Å²) in [6.45, 7) is 5.56. The fraction of sp³-hybridized carbons (Fsp3) is 0.375. The molecule has 1 aromatic carbocycles. The molecule has 3 rings (SSSR count). The second kappa shape index (κ2) is 5.12. The van der Waals surface area contributed by atoms with Gasteiger partial charge in [-0.2, -0.15) is 0 Å². The monoisotopic (exact) mass is 269 g/mol. The lowest BCUT2D eigenvalue weighted by Crippen LogP contribution is -2.28. The van der Waals surface area contributed by atoms with Gasteiger partial charge in [-0.05, 0) is 32.4 Å². The predicted octanol–water partition coefficient (Wildman–Crippen LogP) is 2.66. The predicted molar refractivity (Wildman–Crippen MR) is 77.8 cm³/mol.